The summed E-state index contributed by atoms with van der Waals surface area (Å²) >= 11 is 0. The second-order valence-corrected chi connectivity index (χ2v) is 3.01. The predicted molar refractivity (Wildman–Crippen MR) is 56.3 cm³/mol. The fraction of sp³-hybridized carbons (Fsp3) is 0.300. The highest BCUT2D eigenvalue weighted by atomic mass is 15.1. The van der Waals surface area contributed by atoms with E-state index in [-0.39, 0.29) is 0 Å². The molecular weight excluding hydrogens is 162 g/mol. The van der Waals surface area contributed by atoms with E-state index in [0.717, 1.165) is 11.4 Å². The van der Waals surface area contributed by atoms with Gasteiger partial charge in [0.15, 0.2) is 0 Å². The van der Waals surface area contributed by atoms with E-state index in [2.05, 4.69) is 17.8 Å². The van der Waals surface area contributed by atoms with Crippen LogP contribution in [0.5, 0.6) is 0 Å². The maximum Gasteiger partial charge on any atom is 0.0768 e. The van der Waals surface area contributed by atoms with Crippen molar-refractivity contribution >= 4 is 6.72 Å². The molecule has 13 heavy (non-hydrogen) atoms. The molecule has 0 fully saturated rings. The lowest BCUT2D eigenvalue weighted by atomic mass is 10.1. The maximum absolute atomic E-state index is 5.55. The molecule has 0 aromatic rings. The first-order valence-corrected chi connectivity index (χ1v) is 4.18. The van der Waals surface area contributed by atoms with Crippen molar-refractivity contribution in [1.29, 1.82) is 0 Å². The third kappa shape index (κ3) is 2.06. The molecule has 1 aliphatic rings. The van der Waals surface area contributed by atoms with Crippen LogP contribution >= 0.6 is 0 Å². The second-order valence-electron chi connectivity index (χ2n) is 3.01. The molecule has 1 heterocycles. The molecule has 0 aromatic heterocycles. The van der Waals surface area contributed by atoms with Gasteiger partial charge in [-0.1, -0.05) is 0 Å². The van der Waals surface area contributed by atoms with Crippen molar-refractivity contribution in [3.63, 3.8) is 0 Å². The molecule has 0 unspecified atom stereocenters. The van der Waals surface area contributed by atoms with Gasteiger partial charge in [0.05, 0.1) is 11.4 Å². The Labute approximate surface area is 78.9 Å². The van der Waals surface area contributed by atoms with Gasteiger partial charge in [0, 0.05) is 19.8 Å². The third-order valence-electron chi connectivity index (χ3n) is 1.99. The topological polar surface area (TPSA) is 41.6 Å². The molecule has 0 saturated carbocycles. The Bertz CT molecular complexity index is 297. The normalized spacial score (nSPS) is 19.9. The first kappa shape index (κ1) is 9.74. The molecule has 0 bridgehead atoms. The average molecular weight is 177 g/mol. The fourth-order valence-electron chi connectivity index (χ4n) is 1.21. The Morgan fingerprint density at radius 3 is 2.92 bits per heavy atom. The minimum absolute atomic E-state index is 0.417. The molecule has 0 aromatic carbocycles. The number of nitrogens with zero attached hydrogens (tertiary/aromatic N) is 2. The Hall–Kier alpha value is -1.35. The SMILES string of the molecule is C=N/C(CN)=C1/C=C(C)C=CN1C. The van der Waals surface area contributed by atoms with Crippen LogP contribution in [0.4, 0.5) is 0 Å². The van der Waals surface area contributed by atoms with Gasteiger partial charge >= 0.3 is 0 Å². The lowest BCUT2D eigenvalue weighted by Crippen LogP contribution is -2.16. The van der Waals surface area contributed by atoms with Crippen LogP contribution < -0.4 is 5.73 Å². The van der Waals surface area contributed by atoms with Crippen molar-refractivity contribution in [3.05, 3.63) is 35.3 Å². The number of hydrogen-bond donors (Lipinski definition) is 1. The van der Waals surface area contributed by atoms with Crippen molar-refractivity contribution in [2.75, 3.05) is 13.6 Å². The van der Waals surface area contributed by atoms with Gasteiger partial charge in [-0.15, -0.1) is 0 Å². The second kappa shape index (κ2) is 4.05. The Morgan fingerprint density at radius 2 is 2.38 bits per heavy atom. The Morgan fingerprint density at radius 1 is 1.69 bits per heavy atom. The monoisotopic (exact) mass is 177 g/mol. The highest BCUT2D eigenvalue weighted by molar-refractivity contribution is 5.40. The van der Waals surface area contributed by atoms with Crippen LogP contribution in [-0.2, 0) is 0 Å². The zero-order valence-electron chi connectivity index (χ0n) is 8.12. The maximum atomic E-state index is 5.55. The molecule has 0 atom stereocenters. The van der Waals surface area contributed by atoms with Crippen molar-refractivity contribution < 1.29 is 0 Å². The summed E-state index contributed by atoms with van der Waals surface area (Å²) in [6.45, 7) is 5.96. The van der Waals surface area contributed by atoms with Crippen LogP contribution in [0.2, 0.25) is 0 Å². The third-order valence-corrected chi connectivity index (χ3v) is 1.99. The summed E-state index contributed by atoms with van der Waals surface area (Å²) in [5.74, 6) is 0. The van der Waals surface area contributed by atoms with Gasteiger partial charge in [0.1, 0.15) is 0 Å². The van der Waals surface area contributed by atoms with Crippen molar-refractivity contribution in [1.82, 2.24) is 4.90 Å². The van der Waals surface area contributed by atoms with Gasteiger partial charge in [0.2, 0.25) is 0 Å². The number of aliphatic imine (C=N–C) groups is 1. The lowest BCUT2D eigenvalue weighted by Gasteiger charge is -2.21. The number of allylic oxidation sites excluding steroid dienone is 3. The van der Waals surface area contributed by atoms with Gasteiger partial charge in [-0.3, -0.25) is 4.99 Å². The van der Waals surface area contributed by atoms with Crippen LogP contribution in [-0.4, -0.2) is 25.2 Å². The Balaban J connectivity index is 3.09. The first-order valence-electron chi connectivity index (χ1n) is 4.18. The van der Waals surface area contributed by atoms with E-state index in [0.29, 0.717) is 6.54 Å². The summed E-state index contributed by atoms with van der Waals surface area (Å²) in [5.41, 5.74) is 8.60. The fourth-order valence-corrected chi connectivity index (χ4v) is 1.21. The highest BCUT2D eigenvalue weighted by Gasteiger charge is 2.08. The molecule has 70 valence electrons. The molecule has 0 aliphatic carbocycles. The molecule has 1 rings (SSSR count). The molecule has 0 spiro atoms. The van der Waals surface area contributed by atoms with Crippen LogP contribution in [0.1, 0.15) is 6.92 Å². The smallest absolute Gasteiger partial charge is 0.0768 e. The average Bonchev–Trinajstić information content (AvgIpc) is 2.13. The van der Waals surface area contributed by atoms with E-state index in [1.165, 1.54) is 5.57 Å². The summed E-state index contributed by atoms with van der Waals surface area (Å²) < 4.78 is 0. The molecule has 0 amide bonds. The van der Waals surface area contributed by atoms with E-state index < -0.39 is 0 Å². The van der Waals surface area contributed by atoms with Gasteiger partial charge in [-0.25, -0.2) is 0 Å². The van der Waals surface area contributed by atoms with Crippen LogP contribution in [0.15, 0.2) is 40.3 Å². The summed E-state index contributed by atoms with van der Waals surface area (Å²) in [4.78, 5) is 5.89. The Kier molecular flexibility index (Phi) is 3.03. The standard InChI is InChI=1S/C10H15N3/c1-8-4-5-13(3)10(6-8)9(7-11)12-2/h4-6H,2,7,11H2,1,3H3/b10-9-. The largest absolute Gasteiger partial charge is 0.350 e. The summed E-state index contributed by atoms with van der Waals surface area (Å²) in [6.07, 6.45) is 6.09. The van der Waals surface area contributed by atoms with Crippen molar-refractivity contribution in [2.45, 2.75) is 6.92 Å². The van der Waals surface area contributed by atoms with Crippen molar-refractivity contribution in [2.24, 2.45) is 10.7 Å². The van der Waals surface area contributed by atoms with E-state index in [4.69, 9.17) is 5.73 Å². The summed E-state index contributed by atoms with van der Waals surface area (Å²) in [5, 5.41) is 0. The van der Waals surface area contributed by atoms with Crippen molar-refractivity contribution in [3.8, 4) is 0 Å². The predicted octanol–water partition coefficient (Wildman–Crippen LogP) is 1.26. The zero-order chi connectivity index (χ0) is 9.84. The van der Waals surface area contributed by atoms with Gasteiger partial charge in [-0.2, -0.15) is 0 Å². The summed E-state index contributed by atoms with van der Waals surface area (Å²) in [6, 6.07) is 0. The molecule has 2 N–H and O–H groups in total. The number of nitrogens with two attached hydrogens (primary N) is 1. The molecule has 0 saturated heterocycles. The first-order chi connectivity index (χ1) is 6.19. The van der Waals surface area contributed by atoms with E-state index in [9.17, 15) is 0 Å². The lowest BCUT2D eigenvalue weighted by molar-refractivity contribution is 0.570. The zero-order valence-corrected chi connectivity index (χ0v) is 8.12. The number of rotatable bonds is 2. The number of likely N-dealkylation sites (N-methyl/N-ethyl adjacent to an activating group) is 1. The van der Waals surface area contributed by atoms with Crippen LogP contribution in [0.3, 0.4) is 0 Å². The molecule has 1 aliphatic heterocycles. The van der Waals surface area contributed by atoms with Crippen LogP contribution in [0.25, 0.3) is 0 Å². The summed E-state index contributed by atoms with van der Waals surface area (Å²) in [7, 11) is 1.97. The van der Waals surface area contributed by atoms with E-state index in [1.54, 1.807) is 0 Å². The van der Waals surface area contributed by atoms with Gasteiger partial charge < -0.3 is 10.6 Å². The van der Waals surface area contributed by atoms with Gasteiger partial charge in [-0.05, 0) is 31.4 Å². The van der Waals surface area contributed by atoms with E-state index >= 15 is 0 Å². The minimum Gasteiger partial charge on any atom is -0.350 e. The molecule has 3 nitrogen and oxygen atoms in total. The molecule has 3 heteroatoms. The van der Waals surface area contributed by atoms with Gasteiger partial charge in [0.25, 0.3) is 0 Å². The highest BCUT2D eigenvalue weighted by Crippen LogP contribution is 2.18. The van der Waals surface area contributed by atoms with E-state index in [1.807, 2.05) is 31.1 Å². The molecular formula is C10H15N3. The number of hydrogen-bond acceptors (Lipinski definition) is 3. The van der Waals surface area contributed by atoms with Crippen LogP contribution in [0, 0.1) is 0 Å². The quantitative estimate of drug-likeness (QED) is 0.645. The minimum atomic E-state index is 0.417. The molecule has 0 radical (unpaired) electrons.